The van der Waals surface area contributed by atoms with Crippen LogP contribution in [0.25, 0.3) is 0 Å². The largest absolute Gasteiger partial charge is 0.379 e. The lowest BCUT2D eigenvalue weighted by Gasteiger charge is -2.38. The lowest BCUT2D eigenvalue weighted by Crippen LogP contribution is -2.52. The maximum atomic E-state index is 5.44. The van der Waals surface area contributed by atoms with Crippen molar-refractivity contribution in [1.29, 1.82) is 0 Å². The third kappa shape index (κ3) is 8.32. The molecule has 0 radical (unpaired) electrons. The molecule has 2 fully saturated rings. The number of rotatable bonds is 7. The van der Waals surface area contributed by atoms with Crippen LogP contribution in [0.4, 0.5) is 0 Å². The number of morpholine rings is 1. The Balaban J connectivity index is 0.00000320. The van der Waals surface area contributed by atoms with Gasteiger partial charge in [0.2, 0.25) is 0 Å². The van der Waals surface area contributed by atoms with Crippen molar-refractivity contribution in [3.63, 3.8) is 0 Å². The number of halogens is 1. The lowest BCUT2D eigenvalue weighted by molar-refractivity contribution is 0.0320. The average Bonchev–Trinajstić information content (AvgIpc) is 2.74. The number of likely N-dealkylation sites (tertiary alicyclic amines) is 1. The second-order valence-electron chi connectivity index (χ2n) is 8.64. The van der Waals surface area contributed by atoms with Gasteiger partial charge in [-0.1, -0.05) is 37.3 Å². The molecule has 1 aromatic carbocycles. The topological polar surface area (TPSA) is 52.1 Å². The van der Waals surface area contributed by atoms with Crippen molar-refractivity contribution >= 4 is 29.9 Å². The van der Waals surface area contributed by atoms with E-state index in [0.29, 0.717) is 18.0 Å². The number of guanidine groups is 1. The van der Waals surface area contributed by atoms with E-state index in [0.717, 1.165) is 71.3 Å². The monoisotopic (exact) mass is 529 g/mol. The summed E-state index contributed by atoms with van der Waals surface area (Å²) in [5.41, 5.74) is 1.40. The minimum atomic E-state index is 0. The van der Waals surface area contributed by atoms with Gasteiger partial charge < -0.3 is 15.4 Å². The van der Waals surface area contributed by atoms with Gasteiger partial charge in [-0.2, -0.15) is 0 Å². The first-order chi connectivity index (χ1) is 14.1. The van der Waals surface area contributed by atoms with Crippen molar-refractivity contribution in [3.8, 4) is 0 Å². The number of ether oxygens (including phenoxy) is 1. The smallest absolute Gasteiger partial charge is 0.191 e. The van der Waals surface area contributed by atoms with Crippen LogP contribution in [0.15, 0.2) is 35.3 Å². The molecule has 3 atom stereocenters. The highest BCUT2D eigenvalue weighted by atomic mass is 127. The molecular formula is C23H40IN5O. The molecule has 2 aliphatic heterocycles. The summed E-state index contributed by atoms with van der Waals surface area (Å²) in [7, 11) is 1.87. The first kappa shape index (κ1) is 25.4. The third-order valence-electron chi connectivity index (χ3n) is 6.10. The minimum Gasteiger partial charge on any atom is -0.379 e. The van der Waals surface area contributed by atoms with E-state index in [1.165, 1.54) is 5.56 Å². The Kier molecular flexibility index (Phi) is 11.4. The van der Waals surface area contributed by atoms with E-state index in [1.54, 1.807) is 0 Å². The van der Waals surface area contributed by atoms with Crippen molar-refractivity contribution in [2.45, 2.75) is 45.3 Å². The Bertz CT molecular complexity index is 623. The molecule has 3 unspecified atom stereocenters. The molecule has 2 saturated heterocycles. The van der Waals surface area contributed by atoms with Gasteiger partial charge in [-0.3, -0.25) is 14.8 Å². The Labute approximate surface area is 199 Å². The molecule has 2 aliphatic rings. The van der Waals surface area contributed by atoms with E-state index >= 15 is 0 Å². The number of nitrogens with zero attached hydrogens (tertiary/aromatic N) is 3. The number of hydrogen-bond donors (Lipinski definition) is 2. The number of nitrogens with one attached hydrogen (secondary N) is 2. The molecule has 2 N–H and O–H groups in total. The van der Waals surface area contributed by atoms with Crippen molar-refractivity contribution in [2.24, 2.45) is 10.9 Å². The molecule has 6 nitrogen and oxygen atoms in total. The number of piperidine rings is 1. The fraction of sp³-hybridized carbons (Fsp3) is 0.696. The molecule has 0 aliphatic carbocycles. The number of benzene rings is 1. The summed E-state index contributed by atoms with van der Waals surface area (Å²) < 4.78 is 5.44. The fourth-order valence-corrected chi connectivity index (χ4v) is 4.35. The summed E-state index contributed by atoms with van der Waals surface area (Å²) in [4.78, 5) is 9.55. The summed E-state index contributed by atoms with van der Waals surface area (Å²) in [6.45, 7) is 12.7. The average molecular weight is 530 g/mol. The van der Waals surface area contributed by atoms with Gasteiger partial charge in [-0.15, -0.1) is 24.0 Å². The van der Waals surface area contributed by atoms with Gasteiger partial charge in [0.15, 0.2) is 5.96 Å². The van der Waals surface area contributed by atoms with E-state index in [4.69, 9.17) is 4.74 Å². The van der Waals surface area contributed by atoms with Crippen LogP contribution in [0.1, 0.15) is 32.3 Å². The summed E-state index contributed by atoms with van der Waals surface area (Å²) in [6, 6.07) is 11.8. The van der Waals surface area contributed by atoms with E-state index in [2.05, 4.69) is 69.6 Å². The first-order valence-corrected chi connectivity index (χ1v) is 11.2. The summed E-state index contributed by atoms with van der Waals surface area (Å²) in [5.74, 6) is 1.52. The number of aliphatic imine (C=N–C) groups is 1. The van der Waals surface area contributed by atoms with Gasteiger partial charge >= 0.3 is 0 Å². The molecular weight excluding hydrogens is 489 g/mol. The van der Waals surface area contributed by atoms with E-state index in [-0.39, 0.29) is 24.0 Å². The molecule has 170 valence electrons. The fourth-order valence-electron chi connectivity index (χ4n) is 4.35. The molecule has 3 rings (SSSR count). The van der Waals surface area contributed by atoms with Gasteiger partial charge in [0.25, 0.3) is 0 Å². The van der Waals surface area contributed by atoms with Crippen molar-refractivity contribution in [1.82, 2.24) is 20.4 Å². The molecule has 1 aromatic rings. The molecule has 0 spiro atoms. The van der Waals surface area contributed by atoms with E-state index in [9.17, 15) is 0 Å². The first-order valence-electron chi connectivity index (χ1n) is 11.2. The SMILES string of the molecule is CN=C(NCC(C)CN1CCOCC1)NC1CCN(Cc2ccccc2)C(C)C1.I. The molecule has 2 heterocycles. The van der Waals surface area contributed by atoms with Crippen LogP contribution in [-0.4, -0.2) is 80.8 Å². The highest BCUT2D eigenvalue weighted by Crippen LogP contribution is 2.20. The van der Waals surface area contributed by atoms with Gasteiger partial charge in [-0.25, -0.2) is 0 Å². The predicted molar refractivity (Wildman–Crippen MR) is 136 cm³/mol. The quantitative estimate of drug-likeness (QED) is 0.323. The zero-order valence-electron chi connectivity index (χ0n) is 18.8. The molecule has 30 heavy (non-hydrogen) atoms. The highest BCUT2D eigenvalue weighted by molar-refractivity contribution is 14.0. The Morgan fingerprint density at radius 2 is 1.93 bits per heavy atom. The molecule has 0 amide bonds. The Morgan fingerprint density at radius 3 is 2.60 bits per heavy atom. The van der Waals surface area contributed by atoms with Gasteiger partial charge in [0.1, 0.15) is 0 Å². The minimum absolute atomic E-state index is 0. The molecule has 0 bridgehead atoms. The lowest BCUT2D eigenvalue weighted by atomic mass is 9.97. The van der Waals surface area contributed by atoms with E-state index < -0.39 is 0 Å². The van der Waals surface area contributed by atoms with Gasteiger partial charge in [-0.05, 0) is 31.2 Å². The van der Waals surface area contributed by atoms with Crippen molar-refractivity contribution < 1.29 is 4.74 Å². The predicted octanol–water partition coefficient (Wildman–Crippen LogP) is 2.79. The molecule has 0 saturated carbocycles. The van der Waals surface area contributed by atoms with Crippen LogP contribution in [0.3, 0.4) is 0 Å². The van der Waals surface area contributed by atoms with Gasteiger partial charge in [0, 0.05) is 58.4 Å². The van der Waals surface area contributed by atoms with Gasteiger partial charge in [0.05, 0.1) is 13.2 Å². The highest BCUT2D eigenvalue weighted by Gasteiger charge is 2.26. The van der Waals surface area contributed by atoms with Crippen LogP contribution in [0.5, 0.6) is 0 Å². The van der Waals surface area contributed by atoms with E-state index in [1.807, 2.05) is 7.05 Å². The zero-order chi connectivity index (χ0) is 20.5. The zero-order valence-corrected chi connectivity index (χ0v) is 21.2. The molecule has 7 heteroatoms. The normalized spacial score (nSPS) is 24.7. The summed E-state index contributed by atoms with van der Waals surface area (Å²) in [5, 5.41) is 7.20. The standard InChI is InChI=1S/C23H39N5O.HI/c1-19(17-27-11-13-29-14-12-27)16-25-23(24-3)26-22-9-10-28(20(2)15-22)18-21-7-5-4-6-8-21;/h4-8,19-20,22H,9-18H2,1-3H3,(H2,24,25,26);1H. The Morgan fingerprint density at radius 1 is 1.20 bits per heavy atom. The van der Waals surface area contributed by atoms with Crippen LogP contribution in [0, 0.1) is 5.92 Å². The van der Waals surface area contributed by atoms with Crippen LogP contribution >= 0.6 is 24.0 Å². The van der Waals surface area contributed by atoms with Crippen LogP contribution in [0.2, 0.25) is 0 Å². The van der Waals surface area contributed by atoms with Crippen molar-refractivity contribution in [3.05, 3.63) is 35.9 Å². The second kappa shape index (κ2) is 13.5. The van der Waals surface area contributed by atoms with Crippen LogP contribution in [-0.2, 0) is 11.3 Å². The summed E-state index contributed by atoms with van der Waals surface area (Å²) >= 11 is 0. The number of hydrogen-bond acceptors (Lipinski definition) is 4. The third-order valence-corrected chi connectivity index (χ3v) is 6.10. The maximum absolute atomic E-state index is 5.44. The molecule has 0 aromatic heterocycles. The summed E-state index contributed by atoms with van der Waals surface area (Å²) in [6.07, 6.45) is 2.30. The van der Waals surface area contributed by atoms with Crippen molar-refractivity contribution in [2.75, 3.05) is 53.0 Å². The van der Waals surface area contributed by atoms with Crippen LogP contribution < -0.4 is 10.6 Å². The maximum Gasteiger partial charge on any atom is 0.191 e. The Hall–Kier alpha value is -0.900. The second-order valence-corrected chi connectivity index (χ2v) is 8.64.